The monoisotopic (exact) mass is 385 g/mol. The number of ether oxygens (including phenoxy) is 1. The Labute approximate surface area is 168 Å². The minimum absolute atomic E-state index is 0.272. The van der Waals surface area contributed by atoms with Gasteiger partial charge in [-0.2, -0.15) is 0 Å². The predicted molar refractivity (Wildman–Crippen MR) is 113 cm³/mol. The molecule has 0 spiro atoms. The molecule has 2 aromatic rings. The zero-order valence-electron chi connectivity index (χ0n) is 17.5. The summed E-state index contributed by atoms with van der Waals surface area (Å²) >= 11 is 0. The lowest BCUT2D eigenvalue weighted by molar-refractivity contribution is 0.0966. The van der Waals surface area contributed by atoms with Crippen LogP contribution in [0.1, 0.15) is 51.2 Å². The highest BCUT2D eigenvalue weighted by atomic mass is 19.1. The average Bonchev–Trinajstić information content (AvgIpc) is 2.65. The van der Waals surface area contributed by atoms with Gasteiger partial charge in [-0.25, -0.2) is 9.18 Å². The van der Waals surface area contributed by atoms with Crippen LogP contribution in [0.5, 0.6) is 0 Å². The van der Waals surface area contributed by atoms with Gasteiger partial charge < -0.3 is 9.64 Å². The van der Waals surface area contributed by atoms with Crippen molar-refractivity contribution in [1.29, 1.82) is 0 Å². The first-order valence-corrected chi connectivity index (χ1v) is 10.2. The van der Waals surface area contributed by atoms with Gasteiger partial charge >= 0.3 is 6.09 Å². The van der Waals surface area contributed by atoms with Crippen LogP contribution in [0.4, 0.5) is 9.18 Å². The maximum atomic E-state index is 14.7. The number of amides is 1. The van der Waals surface area contributed by atoms with Crippen LogP contribution in [0.3, 0.4) is 0 Å². The molecule has 0 aliphatic heterocycles. The van der Waals surface area contributed by atoms with Gasteiger partial charge in [0.25, 0.3) is 0 Å². The fourth-order valence-electron chi connectivity index (χ4n) is 2.97. The number of hydrogen-bond donors (Lipinski definition) is 0. The molecule has 0 unspecified atom stereocenters. The number of rotatable bonds is 9. The third-order valence-corrected chi connectivity index (χ3v) is 4.69. The molecule has 2 aromatic carbocycles. The molecule has 3 nitrogen and oxygen atoms in total. The molecular weight excluding hydrogens is 353 g/mol. The topological polar surface area (TPSA) is 29.5 Å². The minimum atomic E-state index is -0.322. The zero-order valence-corrected chi connectivity index (χ0v) is 17.5. The lowest BCUT2D eigenvalue weighted by atomic mass is 10.0. The normalized spacial score (nSPS) is 10.9. The highest BCUT2D eigenvalue weighted by Gasteiger charge is 2.17. The van der Waals surface area contributed by atoms with Crippen LogP contribution in [-0.4, -0.2) is 24.1 Å². The summed E-state index contributed by atoms with van der Waals surface area (Å²) in [6.45, 7) is 9.67. The first-order valence-electron chi connectivity index (χ1n) is 10.2. The lowest BCUT2D eigenvalue weighted by Gasteiger charge is -2.23. The largest absolute Gasteiger partial charge is 0.449 e. The van der Waals surface area contributed by atoms with Crippen molar-refractivity contribution in [3.8, 4) is 11.1 Å². The van der Waals surface area contributed by atoms with E-state index in [1.54, 1.807) is 11.0 Å². The standard InChI is InChI=1S/C24H32FNO2/c1-5-6-14-28-24(27)26(13-12-18(2)3)17-20-10-11-22(23(25)16-20)21-9-7-8-19(4)15-21/h7-11,15-16,18H,5-6,12-14,17H2,1-4H3. The Hall–Kier alpha value is -2.36. The summed E-state index contributed by atoms with van der Waals surface area (Å²) in [4.78, 5) is 14.1. The first-order chi connectivity index (χ1) is 13.4. The SMILES string of the molecule is CCCCOC(=O)N(CCC(C)C)Cc1ccc(-c2cccc(C)c2)c(F)c1. The smallest absolute Gasteiger partial charge is 0.410 e. The molecule has 0 aliphatic carbocycles. The molecule has 0 atom stereocenters. The van der Waals surface area contributed by atoms with Crippen LogP contribution < -0.4 is 0 Å². The van der Waals surface area contributed by atoms with Crippen LogP contribution in [0.25, 0.3) is 11.1 Å². The van der Waals surface area contributed by atoms with Gasteiger partial charge in [0.15, 0.2) is 0 Å². The Morgan fingerprint density at radius 1 is 1.18 bits per heavy atom. The number of carbonyl (C=O) groups is 1. The number of aryl methyl sites for hydroxylation is 1. The Balaban J connectivity index is 2.14. The van der Waals surface area contributed by atoms with E-state index < -0.39 is 0 Å². The predicted octanol–water partition coefficient (Wildman–Crippen LogP) is 6.59. The van der Waals surface area contributed by atoms with Gasteiger partial charge in [-0.05, 0) is 42.9 Å². The molecule has 0 saturated carbocycles. The van der Waals surface area contributed by atoms with E-state index in [1.165, 1.54) is 6.07 Å². The van der Waals surface area contributed by atoms with Crippen LogP contribution in [0, 0.1) is 18.7 Å². The van der Waals surface area contributed by atoms with E-state index in [9.17, 15) is 9.18 Å². The van der Waals surface area contributed by atoms with E-state index in [2.05, 4.69) is 20.8 Å². The molecule has 4 heteroatoms. The highest BCUT2D eigenvalue weighted by Crippen LogP contribution is 2.25. The number of carbonyl (C=O) groups excluding carboxylic acids is 1. The maximum absolute atomic E-state index is 14.7. The van der Waals surface area contributed by atoms with Crippen molar-refractivity contribution in [1.82, 2.24) is 4.90 Å². The Kier molecular flexibility index (Phi) is 8.49. The second-order valence-electron chi connectivity index (χ2n) is 7.76. The lowest BCUT2D eigenvalue weighted by Crippen LogP contribution is -2.33. The van der Waals surface area contributed by atoms with E-state index in [0.29, 0.717) is 31.2 Å². The third-order valence-electron chi connectivity index (χ3n) is 4.69. The minimum Gasteiger partial charge on any atom is -0.449 e. The molecule has 1 amide bonds. The summed E-state index contributed by atoms with van der Waals surface area (Å²) < 4.78 is 20.1. The number of nitrogens with zero attached hydrogens (tertiary/aromatic N) is 1. The quantitative estimate of drug-likeness (QED) is 0.456. The van der Waals surface area contributed by atoms with Crippen molar-refractivity contribution < 1.29 is 13.9 Å². The van der Waals surface area contributed by atoms with Crippen molar-refractivity contribution in [2.24, 2.45) is 5.92 Å². The van der Waals surface area contributed by atoms with Gasteiger partial charge in [-0.15, -0.1) is 0 Å². The zero-order chi connectivity index (χ0) is 20.5. The molecule has 0 aromatic heterocycles. The van der Waals surface area contributed by atoms with Crippen molar-refractivity contribution in [2.45, 2.75) is 53.5 Å². The molecule has 28 heavy (non-hydrogen) atoms. The molecule has 0 fully saturated rings. The van der Waals surface area contributed by atoms with E-state index in [0.717, 1.165) is 36.0 Å². The highest BCUT2D eigenvalue weighted by molar-refractivity contribution is 5.68. The van der Waals surface area contributed by atoms with E-state index in [1.807, 2.05) is 37.3 Å². The van der Waals surface area contributed by atoms with Crippen molar-refractivity contribution in [3.63, 3.8) is 0 Å². The fourth-order valence-corrected chi connectivity index (χ4v) is 2.97. The second-order valence-corrected chi connectivity index (χ2v) is 7.76. The molecule has 152 valence electrons. The summed E-state index contributed by atoms with van der Waals surface area (Å²) in [7, 11) is 0. The Bertz CT molecular complexity index is 773. The molecule has 0 N–H and O–H groups in total. The summed E-state index contributed by atoms with van der Waals surface area (Å²) in [5, 5.41) is 0. The molecule has 0 saturated heterocycles. The molecule has 0 bridgehead atoms. The van der Waals surface area contributed by atoms with Gasteiger partial charge in [0.2, 0.25) is 0 Å². The molecular formula is C24H32FNO2. The van der Waals surface area contributed by atoms with E-state index >= 15 is 0 Å². The van der Waals surface area contributed by atoms with Crippen LogP contribution >= 0.6 is 0 Å². The van der Waals surface area contributed by atoms with Crippen LogP contribution in [-0.2, 0) is 11.3 Å². The summed E-state index contributed by atoms with van der Waals surface area (Å²) in [5.41, 5.74) is 3.30. The Morgan fingerprint density at radius 3 is 2.61 bits per heavy atom. The molecule has 0 aliphatic rings. The van der Waals surface area contributed by atoms with Gasteiger partial charge in [-0.1, -0.05) is 69.2 Å². The number of hydrogen-bond acceptors (Lipinski definition) is 2. The second kappa shape index (κ2) is 10.8. The van der Waals surface area contributed by atoms with Gasteiger partial charge in [0, 0.05) is 18.7 Å². The van der Waals surface area contributed by atoms with Crippen LogP contribution in [0.2, 0.25) is 0 Å². The van der Waals surface area contributed by atoms with Gasteiger partial charge in [0.1, 0.15) is 5.82 Å². The van der Waals surface area contributed by atoms with Gasteiger partial charge in [-0.3, -0.25) is 0 Å². The summed E-state index contributed by atoms with van der Waals surface area (Å²) in [5.74, 6) is 0.206. The average molecular weight is 386 g/mol. The third kappa shape index (κ3) is 6.66. The fraction of sp³-hybridized carbons (Fsp3) is 0.458. The molecule has 2 rings (SSSR count). The van der Waals surface area contributed by atoms with Crippen LogP contribution in [0.15, 0.2) is 42.5 Å². The number of benzene rings is 2. The summed E-state index contributed by atoms with van der Waals surface area (Å²) in [6.07, 6.45) is 2.39. The number of unbranched alkanes of at least 4 members (excludes halogenated alkanes) is 1. The summed E-state index contributed by atoms with van der Waals surface area (Å²) in [6, 6.07) is 13.0. The van der Waals surface area contributed by atoms with Crippen molar-refractivity contribution >= 4 is 6.09 Å². The Morgan fingerprint density at radius 2 is 1.96 bits per heavy atom. The number of halogens is 1. The molecule has 0 radical (unpaired) electrons. The van der Waals surface area contributed by atoms with Gasteiger partial charge in [0.05, 0.1) is 6.61 Å². The van der Waals surface area contributed by atoms with E-state index in [-0.39, 0.29) is 11.9 Å². The maximum Gasteiger partial charge on any atom is 0.410 e. The van der Waals surface area contributed by atoms with Crippen molar-refractivity contribution in [3.05, 3.63) is 59.4 Å². The van der Waals surface area contributed by atoms with E-state index in [4.69, 9.17) is 4.74 Å². The molecule has 0 heterocycles. The van der Waals surface area contributed by atoms with Crippen molar-refractivity contribution in [2.75, 3.05) is 13.2 Å². The first kappa shape index (κ1) is 21.9.